The van der Waals surface area contributed by atoms with Crippen LogP contribution in [-0.4, -0.2) is 40.1 Å². The van der Waals surface area contributed by atoms with Crippen molar-refractivity contribution in [2.45, 2.75) is 52.8 Å². The van der Waals surface area contributed by atoms with Gasteiger partial charge in [0.15, 0.2) is 5.78 Å². The number of ether oxygens (including phenoxy) is 2. The van der Waals surface area contributed by atoms with Crippen LogP contribution in [0.25, 0.3) is 0 Å². The van der Waals surface area contributed by atoms with Gasteiger partial charge in [0.2, 0.25) is 0 Å². The topological polar surface area (TPSA) is 93.1 Å². The van der Waals surface area contributed by atoms with E-state index in [0.29, 0.717) is 6.54 Å². The third kappa shape index (κ3) is 4.71. The maximum Gasteiger partial charge on any atom is 0.410 e. The molecule has 0 saturated heterocycles. The van der Waals surface area contributed by atoms with Crippen LogP contribution in [0.1, 0.15) is 55.6 Å². The van der Waals surface area contributed by atoms with E-state index >= 15 is 0 Å². The second-order valence-electron chi connectivity index (χ2n) is 6.88. The predicted molar refractivity (Wildman–Crippen MR) is 89.2 cm³/mol. The summed E-state index contributed by atoms with van der Waals surface area (Å²) in [6.07, 6.45) is -0.890. The minimum Gasteiger partial charge on any atom is -0.507 e. The summed E-state index contributed by atoms with van der Waals surface area (Å²) >= 11 is 0. The molecule has 1 aliphatic rings. The average molecular weight is 349 g/mol. The Morgan fingerprint density at radius 1 is 1.16 bits per heavy atom. The van der Waals surface area contributed by atoms with Gasteiger partial charge in [0.05, 0.1) is 12.2 Å². The largest absolute Gasteiger partial charge is 0.507 e. The molecule has 1 heterocycles. The second kappa shape index (κ2) is 7.13. The van der Waals surface area contributed by atoms with E-state index in [1.807, 2.05) is 0 Å². The fourth-order valence-corrected chi connectivity index (χ4v) is 2.56. The number of amides is 1. The van der Waals surface area contributed by atoms with Gasteiger partial charge in [0.25, 0.3) is 0 Å². The van der Waals surface area contributed by atoms with Crippen LogP contribution >= 0.6 is 0 Å². The molecule has 0 aromatic heterocycles. The normalized spacial score (nSPS) is 13.4. The summed E-state index contributed by atoms with van der Waals surface area (Å²) in [5, 5.41) is 10.1. The van der Waals surface area contributed by atoms with Gasteiger partial charge < -0.3 is 14.6 Å². The number of benzene rings is 1. The highest BCUT2D eigenvalue weighted by Crippen LogP contribution is 2.31. The molecule has 7 heteroatoms. The molecule has 1 aromatic rings. The molecular weight excluding hydrogens is 326 g/mol. The molecule has 1 amide bonds. The molecule has 2 rings (SSSR count). The summed E-state index contributed by atoms with van der Waals surface area (Å²) in [5.74, 6) is -1.36. The molecule has 1 aliphatic heterocycles. The number of phenolic OH excluding ortho intramolecular Hbond substituents is 1. The van der Waals surface area contributed by atoms with Crippen molar-refractivity contribution in [1.82, 2.24) is 4.90 Å². The molecule has 0 fully saturated rings. The number of esters is 1. The monoisotopic (exact) mass is 349 g/mol. The molecule has 0 bridgehead atoms. The van der Waals surface area contributed by atoms with Gasteiger partial charge in [0, 0.05) is 13.1 Å². The Labute approximate surface area is 146 Å². The number of hydrogen-bond acceptors (Lipinski definition) is 6. The first kappa shape index (κ1) is 18.8. The molecule has 0 spiro atoms. The highest BCUT2D eigenvalue weighted by molar-refractivity contribution is 6.07. The van der Waals surface area contributed by atoms with Gasteiger partial charge in [-0.2, -0.15) is 0 Å². The van der Waals surface area contributed by atoms with Crippen LogP contribution in [0.3, 0.4) is 0 Å². The lowest BCUT2D eigenvalue weighted by atomic mass is 10.0. The molecule has 0 atom stereocenters. The van der Waals surface area contributed by atoms with Gasteiger partial charge in [-0.1, -0.05) is 0 Å². The maximum atomic E-state index is 12.2. The number of carbonyl (C=O) groups excluding carboxylic acids is 3. The summed E-state index contributed by atoms with van der Waals surface area (Å²) in [4.78, 5) is 37.3. The zero-order valence-electron chi connectivity index (χ0n) is 14.9. The third-order valence-corrected chi connectivity index (χ3v) is 3.60. The number of fused-ring (bicyclic) bond motifs is 1. The van der Waals surface area contributed by atoms with E-state index < -0.39 is 29.9 Å². The summed E-state index contributed by atoms with van der Waals surface area (Å²) in [7, 11) is 0. The van der Waals surface area contributed by atoms with Crippen LogP contribution in [0.2, 0.25) is 0 Å². The minimum atomic E-state index is -0.636. The van der Waals surface area contributed by atoms with Crippen molar-refractivity contribution in [1.29, 1.82) is 0 Å². The van der Waals surface area contributed by atoms with E-state index in [0.717, 1.165) is 11.1 Å². The van der Waals surface area contributed by atoms with Crippen LogP contribution in [0.5, 0.6) is 5.75 Å². The van der Waals surface area contributed by atoms with Crippen molar-refractivity contribution >= 4 is 17.8 Å². The number of phenols is 1. The quantitative estimate of drug-likeness (QED) is 0.510. The number of nitrogens with zero attached hydrogens (tertiary/aromatic N) is 1. The number of carbonyl (C=O) groups is 3. The summed E-state index contributed by atoms with van der Waals surface area (Å²) < 4.78 is 10.1. The van der Waals surface area contributed by atoms with E-state index in [4.69, 9.17) is 9.47 Å². The molecule has 0 saturated carbocycles. The van der Waals surface area contributed by atoms with Gasteiger partial charge in [-0.3, -0.25) is 14.5 Å². The second-order valence-corrected chi connectivity index (χ2v) is 6.88. The van der Waals surface area contributed by atoms with Gasteiger partial charge in [-0.15, -0.1) is 0 Å². The van der Waals surface area contributed by atoms with Gasteiger partial charge in [0.1, 0.15) is 17.8 Å². The smallest absolute Gasteiger partial charge is 0.410 e. The molecular formula is C18H23NO6. The molecule has 1 aromatic carbocycles. The summed E-state index contributed by atoms with van der Waals surface area (Å²) in [6.45, 7) is 7.77. The number of rotatable bonds is 4. The Balaban J connectivity index is 2.14. The Morgan fingerprint density at radius 3 is 2.32 bits per heavy atom. The van der Waals surface area contributed by atoms with Crippen molar-refractivity contribution in [3.63, 3.8) is 0 Å². The first-order valence-corrected chi connectivity index (χ1v) is 8.12. The third-order valence-electron chi connectivity index (χ3n) is 3.60. The maximum absolute atomic E-state index is 12.2. The highest BCUT2D eigenvalue weighted by atomic mass is 16.6. The number of Topliss-reactive ketones (excluding diaryl/α,β-unsaturated/α-hetero) is 1. The Kier molecular flexibility index (Phi) is 5.35. The zero-order chi connectivity index (χ0) is 18.8. The number of aromatic hydroxyl groups is 1. The van der Waals surface area contributed by atoms with Crippen molar-refractivity contribution in [2.24, 2.45) is 0 Å². The zero-order valence-corrected chi connectivity index (χ0v) is 14.9. The molecule has 25 heavy (non-hydrogen) atoms. The van der Waals surface area contributed by atoms with Crippen molar-refractivity contribution < 1.29 is 29.0 Å². The Morgan fingerprint density at radius 2 is 1.76 bits per heavy atom. The molecule has 0 radical (unpaired) electrons. The van der Waals surface area contributed by atoms with E-state index in [-0.39, 0.29) is 24.5 Å². The van der Waals surface area contributed by atoms with E-state index in [1.54, 1.807) is 27.7 Å². The Hall–Kier alpha value is -2.57. The lowest BCUT2D eigenvalue weighted by molar-refractivity contribution is -0.141. The lowest BCUT2D eigenvalue weighted by Gasteiger charge is -2.24. The first-order valence-electron chi connectivity index (χ1n) is 8.12. The standard InChI is InChI=1S/C18H23NO6/c1-5-24-16(22)8-15(21)13-6-11-9-19(10-12(11)7-14(13)20)17(23)25-18(2,3)4/h6-7,20H,5,8-10H2,1-4H3. The predicted octanol–water partition coefficient (Wildman–Crippen LogP) is 2.78. The van der Waals surface area contributed by atoms with Gasteiger partial charge in [-0.25, -0.2) is 4.79 Å². The van der Waals surface area contributed by atoms with Crippen LogP contribution in [-0.2, 0) is 27.4 Å². The first-order chi connectivity index (χ1) is 11.6. The molecule has 136 valence electrons. The van der Waals surface area contributed by atoms with Crippen LogP contribution in [0, 0.1) is 0 Å². The van der Waals surface area contributed by atoms with Gasteiger partial charge in [-0.05, 0) is 51.0 Å². The van der Waals surface area contributed by atoms with E-state index in [2.05, 4.69) is 0 Å². The number of hydrogen-bond donors (Lipinski definition) is 1. The fourth-order valence-electron chi connectivity index (χ4n) is 2.56. The molecule has 7 nitrogen and oxygen atoms in total. The highest BCUT2D eigenvalue weighted by Gasteiger charge is 2.29. The minimum absolute atomic E-state index is 0.0536. The fraction of sp³-hybridized carbons (Fsp3) is 0.500. The van der Waals surface area contributed by atoms with Crippen molar-refractivity contribution in [3.05, 3.63) is 28.8 Å². The molecule has 0 unspecified atom stereocenters. The van der Waals surface area contributed by atoms with Crippen LogP contribution in [0.15, 0.2) is 12.1 Å². The van der Waals surface area contributed by atoms with E-state index in [9.17, 15) is 19.5 Å². The van der Waals surface area contributed by atoms with E-state index in [1.165, 1.54) is 17.0 Å². The van der Waals surface area contributed by atoms with Gasteiger partial charge >= 0.3 is 12.1 Å². The average Bonchev–Trinajstić information content (AvgIpc) is 2.87. The van der Waals surface area contributed by atoms with Crippen LogP contribution < -0.4 is 0 Å². The molecule has 1 N–H and O–H groups in total. The summed E-state index contributed by atoms with van der Waals surface area (Å²) in [6, 6.07) is 2.98. The van der Waals surface area contributed by atoms with Crippen molar-refractivity contribution in [2.75, 3.05) is 6.61 Å². The SMILES string of the molecule is CCOC(=O)CC(=O)c1cc2c(cc1O)CN(C(=O)OC(C)(C)C)C2. The molecule has 0 aliphatic carbocycles. The number of ketones is 1. The van der Waals surface area contributed by atoms with Crippen molar-refractivity contribution in [3.8, 4) is 5.75 Å². The van der Waals surface area contributed by atoms with Crippen LogP contribution in [0.4, 0.5) is 4.79 Å². The lowest BCUT2D eigenvalue weighted by Crippen LogP contribution is -2.33. The summed E-state index contributed by atoms with van der Waals surface area (Å²) in [5.41, 5.74) is 0.944. The Bertz CT molecular complexity index is 704.